The molecule has 4 nitrogen and oxygen atoms in total. The minimum absolute atomic E-state index is 0.100. The molecule has 0 fully saturated rings. The molecule has 0 saturated heterocycles. The number of nitrogens with zero attached hydrogens (tertiary/aromatic N) is 1. The van der Waals surface area contributed by atoms with Crippen molar-refractivity contribution in [3.63, 3.8) is 0 Å². The Hall–Kier alpha value is -1.55. The van der Waals surface area contributed by atoms with Gasteiger partial charge in [0.2, 0.25) is 0 Å². The largest absolute Gasteiger partial charge is 0.409 e. The maximum Gasteiger partial charge on any atom is 0.168 e. The summed E-state index contributed by atoms with van der Waals surface area (Å²) in [6.45, 7) is 2.31. The summed E-state index contributed by atoms with van der Waals surface area (Å²) < 4.78 is 5.38. The van der Waals surface area contributed by atoms with Gasteiger partial charge in [-0.05, 0) is 18.9 Å². The number of hydrogen-bond acceptors (Lipinski definition) is 3. The summed E-state index contributed by atoms with van der Waals surface area (Å²) in [6.07, 6.45) is 0.475. The summed E-state index contributed by atoms with van der Waals surface area (Å²) in [6, 6.07) is 10.0. The Morgan fingerprint density at radius 3 is 2.73 bits per heavy atom. The smallest absolute Gasteiger partial charge is 0.168 e. The van der Waals surface area contributed by atoms with Gasteiger partial charge < -0.3 is 15.7 Å². The van der Waals surface area contributed by atoms with E-state index in [1.165, 1.54) is 5.56 Å². The van der Waals surface area contributed by atoms with Crippen molar-refractivity contribution < 1.29 is 9.94 Å². The van der Waals surface area contributed by atoms with E-state index < -0.39 is 0 Å². The minimum Gasteiger partial charge on any atom is -0.409 e. The molecule has 1 aromatic carbocycles. The highest BCUT2D eigenvalue weighted by atomic mass is 16.5. The van der Waals surface area contributed by atoms with Crippen molar-refractivity contribution in [3.8, 4) is 0 Å². The van der Waals surface area contributed by atoms with Crippen LogP contribution in [0.1, 0.15) is 12.5 Å². The summed E-state index contributed by atoms with van der Waals surface area (Å²) in [5.41, 5.74) is 6.58. The van der Waals surface area contributed by atoms with E-state index >= 15 is 0 Å². The van der Waals surface area contributed by atoms with Crippen molar-refractivity contribution >= 4 is 5.84 Å². The standard InChI is InChI=1S/C11H16N2O2/c1-9(11(12)13-14)15-8-7-10-5-3-2-4-6-10/h2-6,9,14H,7-8H2,1H3,(H2,12,13). The molecule has 0 aromatic heterocycles. The van der Waals surface area contributed by atoms with Crippen molar-refractivity contribution in [2.75, 3.05) is 6.61 Å². The maximum absolute atomic E-state index is 8.40. The lowest BCUT2D eigenvalue weighted by atomic mass is 10.2. The summed E-state index contributed by atoms with van der Waals surface area (Å²) >= 11 is 0. The predicted octanol–water partition coefficient (Wildman–Crippen LogP) is 1.38. The van der Waals surface area contributed by atoms with Crippen LogP contribution in [0.3, 0.4) is 0 Å². The minimum atomic E-state index is -0.348. The van der Waals surface area contributed by atoms with Gasteiger partial charge in [-0.2, -0.15) is 0 Å². The van der Waals surface area contributed by atoms with Crippen molar-refractivity contribution in [3.05, 3.63) is 35.9 Å². The highest BCUT2D eigenvalue weighted by Gasteiger charge is 2.06. The summed E-state index contributed by atoms with van der Waals surface area (Å²) in [4.78, 5) is 0. The highest BCUT2D eigenvalue weighted by Crippen LogP contribution is 2.01. The summed E-state index contributed by atoms with van der Waals surface area (Å²) in [7, 11) is 0. The van der Waals surface area contributed by atoms with E-state index in [0.717, 1.165) is 6.42 Å². The molecule has 0 bridgehead atoms. The molecule has 0 spiro atoms. The Balaban J connectivity index is 2.28. The Morgan fingerprint density at radius 1 is 1.47 bits per heavy atom. The molecule has 82 valence electrons. The molecule has 1 rings (SSSR count). The third kappa shape index (κ3) is 3.99. The third-order valence-corrected chi connectivity index (χ3v) is 2.13. The van der Waals surface area contributed by atoms with Gasteiger partial charge in [0.15, 0.2) is 5.84 Å². The van der Waals surface area contributed by atoms with Crippen molar-refractivity contribution in [2.24, 2.45) is 10.9 Å². The van der Waals surface area contributed by atoms with Crippen molar-refractivity contribution in [2.45, 2.75) is 19.4 Å². The molecule has 0 amide bonds. The van der Waals surface area contributed by atoms with Crippen LogP contribution in [0.4, 0.5) is 0 Å². The number of benzene rings is 1. The molecule has 1 aromatic rings. The topological polar surface area (TPSA) is 67.8 Å². The zero-order valence-corrected chi connectivity index (χ0v) is 8.76. The zero-order chi connectivity index (χ0) is 11.1. The van der Waals surface area contributed by atoms with E-state index in [1.54, 1.807) is 6.92 Å². The molecule has 0 radical (unpaired) electrons. The van der Waals surface area contributed by atoms with Crippen LogP contribution in [0, 0.1) is 0 Å². The van der Waals surface area contributed by atoms with E-state index in [9.17, 15) is 0 Å². The molecule has 0 aliphatic heterocycles. The van der Waals surface area contributed by atoms with Gasteiger partial charge >= 0.3 is 0 Å². The normalized spacial score (nSPS) is 13.8. The molecule has 0 saturated carbocycles. The Kier molecular flexibility index (Phi) is 4.63. The van der Waals surface area contributed by atoms with Gasteiger partial charge in [0, 0.05) is 0 Å². The number of rotatable bonds is 5. The first-order chi connectivity index (χ1) is 7.24. The maximum atomic E-state index is 8.40. The molecule has 1 unspecified atom stereocenters. The molecular formula is C11H16N2O2. The fraction of sp³-hybridized carbons (Fsp3) is 0.364. The van der Waals surface area contributed by atoms with Gasteiger partial charge in [-0.3, -0.25) is 0 Å². The summed E-state index contributed by atoms with van der Waals surface area (Å²) in [5.74, 6) is 0.100. The lowest BCUT2D eigenvalue weighted by molar-refractivity contribution is 0.109. The Labute approximate surface area is 89.4 Å². The van der Waals surface area contributed by atoms with E-state index in [0.29, 0.717) is 6.61 Å². The molecule has 1 atom stereocenters. The first-order valence-corrected chi connectivity index (χ1v) is 4.87. The number of amidine groups is 1. The molecular weight excluding hydrogens is 192 g/mol. The van der Waals surface area contributed by atoms with Crippen LogP contribution in [0.25, 0.3) is 0 Å². The number of nitrogens with two attached hydrogens (primary N) is 1. The van der Waals surface area contributed by atoms with E-state index in [4.69, 9.17) is 15.7 Å². The lowest BCUT2D eigenvalue weighted by Crippen LogP contribution is -2.29. The van der Waals surface area contributed by atoms with Crippen LogP contribution in [0.5, 0.6) is 0 Å². The van der Waals surface area contributed by atoms with Crippen LogP contribution >= 0.6 is 0 Å². The lowest BCUT2D eigenvalue weighted by Gasteiger charge is -2.10. The SMILES string of the molecule is CC(OCCc1ccccc1)C(N)=NO. The van der Waals surface area contributed by atoms with Gasteiger partial charge in [0.05, 0.1) is 6.61 Å². The Morgan fingerprint density at radius 2 is 2.13 bits per heavy atom. The first kappa shape index (κ1) is 11.5. The van der Waals surface area contributed by atoms with E-state index in [-0.39, 0.29) is 11.9 Å². The predicted molar refractivity (Wildman–Crippen MR) is 59.0 cm³/mol. The van der Waals surface area contributed by atoms with Gasteiger partial charge in [0.1, 0.15) is 6.10 Å². The van der Waals surface area contributed by atoms with Crippen LogP contribution in [0.2, 0.25) is 0 Å². The monoisotopic (exact) mass is 208 g/mol. The fourth-order valence-electron chi connectivity index (χ4n) is 1.16. The first-order valence-electron chi connectivity index (χ1n) is 4.87. The second-order valence-electron chi connectivity index (χ2n) is 3.27. The number of ether oxygens (including phenoxy) is 1. The third-order valence-electron chi connectivity index (χ3n) is 2.13. The second-order valence-corrected chi connectivity index (χ2v) is 3.27. The molecule has 4 heteroatoms. The molecule has 0 heterocycles. The van der Waals surface area contributed by atoms with Crippen molar-refractivity contribution in [1.82, 2.24) is 0 Å². The summed E-state index contributed by atoms with van der Waals surface area (Å²) in [5, 5.41) is 11.3. The van der Waals surface area contributed by atoms with E-state index in [2.05, 4.69) is 5.16 Å². The van der Waals surface area contributed by atoms with E-state index in [1.807, 2.05) is 30.3 Å². The van der Waals surface area contributed by atoms with Gasteiger partial charge in [-0.25, -0.2) is 0 Å². The van der Waals surface area contributed by atoms with Crippen LogP contribution in [0.15, 0.2) is 35.5 Å². The second kappa shape index (κ2) is 6.03. The van der Waals surface area contributed by atoms with Gasteiger partial charge in [0.25, 0.3) is 0 Å². The fourth-order valence-corrected chi connectivity index (χ4v) is 1.16. The number of oxime groups is 1. The molecule has 0 aliphatic carbocycles. The highest BCUT2D eigenvalue weighted by molar-refractivity contribution is 5.83. The van der Waals surface area contributed by atoms with Crippen LogP contribution < -0.4 is 5.73 Å². The average molecular weight is 208 g/mol. The molecule has 3 N–H and O–H groups in total. The van der Waals surface area contributed by atoms with Gasteiger partial charge in [-0.15, -0.1) is 0 Å². The quantitative estimate of drug-likeness (QED) is 0.332. The van der Waals surface area contributed by atoms with Crippen LogP contribution in [-0.2, 0) is 11.2 Å². The molecule has 0 aliphatic rings. The van der Waals surface area contributed by atoms with Crippen molar-refractivity contribution in [1.29, 1.82) is 0 Å². The van der Waals surface area contributed by atoms with Crippen LogP contribution in [-0.4, -0.2) is 23.8 Å². The van der Waals surface area contributed by atoms with Gasteiger partial charge in [-0.1, -0.05) is 35.5 Å². The Bertz CT molecular complexity index is 312. The number of hydrogen-bond donors (Lipinski definition) is 2. The molecule has 15 heavy (non-hydrogen) atoms. The zero-order valence-electron chi connectivity index (χ0n) is 8.76. The average Bonchev–Trinajstić information content (AvgIpc) is 2.29.